The van der Waals surface area contributed by atoms with Crippen molar-refractivity contribution in [2.24, 2.45) is 5.73 Å². The van der Waals surface area contributed by atoms with Gasteiger partial charge < -0.3 is 20.5 Å². The van der Waals surface area contributed by atoms with Gasteiger partial charge in [-0.15, -0.1) is 0 Å². The second kappa shape index (κ2) is 12.1. The van der Waals surface area contributed by atoms with Gasteiger partial charge in [-0.25, -0.2) is 4.79 Å². The molecule has 2 atom stereocenters. The van der Waals surface area contributed by atoms with Crippen LogP contribution in [0.4, 0.5) is 0 Å². The lowest BCUT2D eigenvalue weighted by Gasteiger charge is -2.31. The highest BCUT2D eigenvalue weighted by molar-refractivity contribution is 6.13. The van der Waals surface area contributed by atoms with Crippen LogP contribution in [0.15, 0.2) is 103 Å². The van der Waals surface area contributed by atoms with Gasteiger partial charge in [-0.05, 0) is 72.7 Å². The number of hydrogen-bond donors (Lipinski definition) is 2. The number of nitrogens with one attached hydrogen (secondary N) is 1. The highest BCUT2D eigenvalue weighted by Crippen LogP contribution is 2.30. The molecule has 0 saturated heterocycles. The van der Waals surface area contributed by atoms with Gasteiger partial charge in [0.1, 0.15) is 11.5 Å². The fourth-order valence-electron chi connectivity index (χ4n) is 5.11. The molecule has 0 aromatic heterocycles. The Morgan fingerprint density at radius 3 is 2.05 bits per heavy atom. The fourth-order valence-corrected chi connectivity index (χ4v) is 5.11. The highest BCUT2D eigenvalue weighted by atomic mass is 16.5. The van der Waals surface area contributed by atoms with Gasteiger partial charge >= 0.3 is 11.9 Å². The smallest absolute Gasteiger partial charge is 0.351 e. The van der Waals surface area contributed by atoms with Crippen molar-refractivity contribution in [3.8, 4) is 11.5 Å². The molecule has 0 radical (unpaired) electrons. The number of fused-ring (bicyclic) bond motifs is 1. The Morgan fingerprint density at radius 1 is 0.762 bits per heavy atom. The summed E-state index contributed by atoms with van der Waals surface area (Å²) >= 11 is 0. The summed E-state index contributed by atoms with van der Waals surface area (Å²) in [5, 5.41) is 2.50. The highest BCUT2D eigenvalue weighted by Gasteiger charge is 2.51. The van der Waals surface area contributed by atoms with Crippen LogP contribution in [0.2, 0.25) is 0 Å². The summed E-state index contributed by atoms with van der Waals surface area (Å²) in [6.45, 7) is 1.89. The Labute approximate surface area is 243 Å². The molecule has 0 fully saturated rings. The first-order valence-electron chi connectivity index (χ1n) is 13.6. The molecule has 4 aromatic rings. The van der Waals surface area contributed by atoms with Gasteiger partial charge in [-0.3, -0.25) is 14.4 Å². The zero-order chi connectivity index (χ0) is 29.7. The third-order valence-electron chi connectivity index (χ3n) is 7.34. The standard InChI is InChI=1S/C34H30N2O6/c1-22-15-18-27(19-16-22)41-31(38)29(24-9-4-2-5-10-24)30(37)36-34(32(35)39,26-13-6-3-7-14-26)33(40)42-28-20-17-23-11-8-12-25(23)21-28/h2-7,9-10,13-21,29H,8,11-12H2,1H3,(H2,35,39)(H,36,37). The first-order chi connectivity index (χ1) is 20.3. The summed E-state index contributed by atoms with van der Waals surface area (Å²) < 4.78 is 11.3. The minimum atomic E-state index is -2.45. The summed E-state index contributed by atoms with van der Waals surface area (Å²) in [5.41, 5.74) is 6.99. The molecule has 0 heterocycles. The molecule has 2 unspecified atom stereocenters. The van der Waals surface area contributed by atoms with E-state index in [0.29, 0.717) is 5.56 Å². The van der Waals surface area contributed by atoms with Crippen LogP contribution in [0.5, 0.6) is 11.5 Å². The zero-order valence-corrected chi connectivity index (χ0v) is 23.0. The van der Waals surface area contributed by atoms with Crippen LogP contribution in [0.1, 0.15) is 40.2 Å². The van der Waals surface area contributed by atoms with Gasteiger partial charge in [0.25, 0.3) is 5.91 Å². The van der Waals surface area contributed by atoms with Crippen LogP contribution < -0.4 is 20.5 Å². The molecule has 1 aliphatic rings. The van der Waals surface area contributed by atoms with Crippen LogP contribution in [-0.2, 0) is 37.6 Å². The van der Waals surface area contributed by atoms with Crippen molar-refractivity contribution in [3.05, 3.63) is 131 Å². The molecule has 0 saturated carbocycles. The lowest BCUT2D eigenvalue weighted by Crippen LogP contribution is -2.62. The predicted octanol–water partition coefficient (Wildman–Crippen LogP) is 4.28. The molecule has 8 nitrogen and oxygen atoms in total. The van der Waals surface area contributed by atoms with E-state index in [4.69, 9.17) is 15.2 Å². The normalized spacial score (nSPS) is 14.1. The zero-order valence-electron chi connectivity index (χ0n) is 23.0. The van der Waals surface area contributed by atoms with E-state index in [9.17, 15) is 19.2 Å². The Kier molecular flexibility index (Phi) is 8.15. The quantitative estimate of drug-likeness (QED) is 0.178. The molecule has 0 spiro atoms. The molecule has 5 rings (SSSR count). The van der Waals surface area contributed by atoms with Crippen LogP contribution in [0, 0.1) is 6.92 Å². The number of amides is 2. The van der Waals surface area contributed by atoms with Gasteiger partial charge in [-0.2, -0.15) is 0 Å². The van der Waals surface area contributed by atoms with E-state index in [0.717, 1.165) is 30.4 Å². The topological polar surface area (TPSA) is 125 Å². The van der Waals surface area contributed by atoms with Crippen LogP contribution in [-0.4, -0.2) is 23.8 Å². The van der Waals surface area contributed by atoms with E-state index >= 15 is 0 Å². The van der Waals surface area contributed by atoms with Crippen molar-refractivity contribution >= 4 is 23.8 Å². The van der Waals surface area contributed by atoms with Crippen LogP contribution in [0.25, 0.3) is 0 Å². The van der Waals surface area contributed by atoms with Crippen LogP contribution in [0.3, 0.4) is 0 Å². The Balaban J connectivity index is 1.52. The minimum Gasteiger partial charge on any atom is -0.426 e. The van der Waals surface area contributed by atoms with Gasteiger partial charge in [0.05, 0.1) is 0 Å². The van der Waals surface area contributed by atoms with E-state index in [2.05, 4.69) is 5.32 Å². The molecule has 212 valence electrons. The monoisotopic (exact) mass is 562 g/mol. The lowest BCUT2D eigenvalue weighted by atomic mass is 9.87. The first-order valence-corrected chi connectivity index (χ1v) is 13.6. The van der Waals surface area contributed by atoms with Gasteiger partial charge in [0, 0.05) is 0 Å². The average molecular weight is 563 g/mol. The SMILES string of the molecule is Cc1ccc(OC(=O)C(C(=O)NC(C(N)=O)(C(=O)Oc2ccc3c(c2)CCC3)c2ccccc2)c2ccccc2)cc1. The molecule has 0 aliphatic heterocycles. The molecule has 4 aromatic carbocycles. The molecule has 1 aliphatic carbocycles. The van der Waals surface area contributed by atoms with E-state index < -0.39 is 35.2 Å². The summed E-state index contributed by atoms with van der Waals surface area (Å²) in [5.74, 6) is -5.23. The first kappa shape index (κ1) is 28.3. The summed E-state index contributed by atoms with van der Waals surface area (Å²) in [7, 11) is 0. The molecule has 2 amide bonds. The van der Waals surface area contributed by atoms with Gasteiger partial charge in [0.2, 0.25) is 11.4 Å². The molecule has 8 heteroatoms. The molecular weight excluding hydrogens is 532 g/mol. The molecule has 0 bridgehead atoms. The van der Waals surface area contributed by atoms with E-state index in [1.165, 1.54) is 17.7 Å². The molecular formula is C34H30N2O6. The number of benzene rings is 4. The Bertz CT molecular complexity index is 1620. The fraction of sp³-hybridized carbons (Fsp3) is 0.176. The van der Waals surface area contributed by atoms with Crippen molar-refractivity contribution in [1.29, 1.82) is 0 Å². The number of carbonyl (C=O) groups is 4. The maximum Gasteiger partial charge on any atom is 0.351 e. The number of ether oxygens (including phenoxy) is 2. The second-order valence-corrected chi connectivity index (χ2v) is 10.2. The number of aryl methyl sites for hydroxylation is 3. The van der Waals surface area contributed by atoms with Gasteiger partial charge in [0.15, 0.2) is 5.92 Å². The average Bonchev–Trinajstić information content (AvgIpc) is 3.46. The minimum absolute atomic E-state index is 0.0794. The largest absolute Gasteiger partial charge is 0.426 e. The van der Waals surface area contributed by atoms with Gasteiger partial charge in [-0.1, -0.05) is 84.4 Å². The number of nitrogens with two attached hydrogens (primary N) is 1. The third-order valence-corrected chi connectivity index (χ3v) is 7.34. The number of hydrogen-bond acceptors (Lipinski definition) is 6. The number of carbonyl (C=O) groups excluding carboxylic acids is 4. The van der Waals surface area contributed by atoms with E-state index in [1.54, 1.807) is 84.9 Å². The predicted molar refractivity (Wildman–Crippen MR) is 156 cm³/mol. The van der Waals surface area contributed by atoms with E-state index in [-0.39, 0.29) is 17.1 Å². The summed E-state index contributed by atoms with van der Waals surface area (Å²) in [6, 6.07) is 28.1. The summed E-state index contributed by atoms with van der Waals surface area (Å²) in [4.78, 5) is 54.6. The maximum atomic E-state index is 14.0. The molecule has 42 heavy (non-hydrogen) atoms. The maximum absolute atomic E-state index is 14.0. The summed E-state index contributed by atoms with van der Waals surface area (Å²) in [6.07, 6.45) is 2.78. The van der Waals surface area contributed by atoms with Crippen LogP contribution >= 0.6 is 0 Å². The van der Waals surface area contributed by atoms with Crippen molar-refractivity contribution in [2.45, 2.75) is 37.6 Å². The Hall–Kier alpha value is -5.24. The van der Waals surface area contributed by atoms with Crippen molar-refractivity contribution in [1.82, 2.24) is 5.32 Å². The number of esters is 2. The van der Waals surface area contributed by atoms with Crippen molar-refractivity contribution in [2.75, 3.05) is 0 Å². The number of rotatable bonds is 9. The number of primary amides is 1. The van der Waals surface area contributed by atoms with Crippen molar-refractivity contribution < 1.29 is 28.7 Å². The second-order valence-electron chi connectivity index (χ2n) is 10.2. The van der Waals surface area contributed by atoms with E-state index in [1.807, 2.05) is 13.0 Å². The Morgan fingerprint density at radius 2 is 1.38 bits per heavy atom. The molecule has 3 N–H and O–H groups in total. The van der Waals surface area contributed by atoms with Crippen molar-refractivity contribution in [3.63, 3.8) is 0 Å². The third kappa shape index (κ3) is 5.78. The lowest BCUT2D eigenvalue weighted by molar-refractivity contribution is -0.153.